The number of hydrogen-bond acceptors (Lipinski definition) is 2. The van der Waals surface area contributed by atoms with Crippen LogP contribution in [0, 0.1) is 23.3 Å². The largest absolute Gasteiger partial charge is 0.320 e. The van der Waals surface area contributed by atoms with Crippen LogP contribution >= 0.6 is 0 Å². The molecule has 0 heterocycles. The van der Waals surface area contributed by atoms with Crippen LogP contribution in [0.15, 0.2) is 48.6 Å². The minimum Gasteiger partial charge on any atom is -0.320 e. The number of amides is 2. The van der Waals surface area contributed by atoms with Crippen LogP contribution in [-0.4, -0.2) is 11.8 Å². The molecule has 4 nitrogen and oxygen atoms in total. The van der Waals surface area contributed by atoms with Gasteiger partial charge in [-0.15, -0.1) is 0 Å². The molecule has 2 rings (SSSR count). The van der Waals surface area contributed by atoms with Gasteiger partial charge in [0.05, 0.1) is 11.4 Å². The van der Waals surface area contributed by atoms with E-state index in [1.54, 1.807) is 0 Å². The van der Waals surface area contributed by atoms with E-state index in [2.05, 4.69) is 10.6 Å². The number of carbonyl (C=O) groups excluding carboxylic acids is 2. The molecule has 0 saturated heterocycles. The van der Waals surface area contributed by atoms with E-state index in [0.717, 1.165) is 36.4 Å². The maximum absolute atomic E-state index is 13.3. The highest BCUT2D eigenvalue weighted by Crippen LogP contribution is 2.16. The van der Waals surface area contributed by atoms with Crippen molar-refractivity contribution in [2.24, 2.45) is 0 Å². The van der Waals surface area contributed by atoms with Gasteiger partial charge < -0.3 is 10.6 Å². The lowest BCUT2D eigenvalue weighted by Gasteiger charge is -2.04. The van der Waals surface area contributed by atoms with Gasteiger partial charge in [0.1, 0.15) is 23.3 Å². The van der Waals surface area contributed by atoms with Gasteiger partial charge in [-0.05, 0) is 24.3 Å². The minimum absolute atomic E-state index is 0.268. The van der Waals surface area contributed by atoms with Gasteiger partial charge in [-0.25, -0.2) is 17.6 Å². The fourth-order valence-corrected chi connectivity index (χ4v) is 1.68. The number of benzene rings is 2. The number of rotatable bonds is 4. The fraction of sp³-hybridized carbons (Fsp3) is 0. The van der Waals surface area contributed by atoms with Gasteiger partial charge in [0, 0.05) is 24.3 Å². The third-order valence-electron chi connectivity index (χ3n) is 2.76. The smallest absolute Gasteiger partial charge is 0.248 e. The zero-order chi connectivity index (χ0) is 17.7. The third kappa shape index (κ3) is 4.67. The van der Waals surface area contributed by atoms with Gasteiger partial charge >= 0.3 is 0 Å². The number of halogens is 4. The van der Waals surface area contributed by atoms with E-state index < -0.39 is 35.1 Å². The Morgan fingerprint density at radius 2 is 1.08 bits per heavy atom. The topological polar surface area (TPSA) is 58.2 Å². The SMILES string of the molecule is O=C(/C=C/C(=O)Nc1ccc(F)cc1F)Nc1ccc(F)cc1F. The summed E-state index contributed by atoms with van der Waals surface area (Å²) in [5.41, 5.74) is -0.535. The molecule has 2 amide bonds. The van der Waals surface area contributed by atoms with Crippen LogP contribution in [0.4, 0.5) is 28.9 Å². The zero-order valence-corrected chi connectivity index (χ0v) is 11.9. The zero-order valence-electron chi connectivity index (χ0n) is 11.9. The number of anilines is 2. The molecular formula is C16H10F4N2O2. The molecule has 0 aliphatic rings. The van der Waals surface area contributed by atoms with Crippen LogP contribution in [0.5, 0.6) is 0 Å². The summed E-state index contributed by atoms with van der Waals surface area (Å²) in [7, 11) is 0. The average Bonchev–Trinajstić information content (AvgIpc) is 2.51. The second-order valence-electron chi connectivity index (χ2n) is 4.56. The van der Waals surface area contributed by atoms with Crippen molar-refractivity contribution >= 4 is 23.2 Å². The molecule has 0 aliphatic heterocycles. The second-order valence-corrected chi connectivity index (χ2v) is 4.56. The molecule has 8 heteroatoms. The molecule has 0 saturated carbocycles. The Morgan fingerprint density at radius 1 is 0.708 bits per heavy atom. The summed E-state index contributed by atoms with van der Waals surface area (Å²) in [5, 5.41) is 4.21. The summed E-state index contributed by atoms with van der Waals surface area (Å²) in [6.07, 6.45) is 1.55. The van der Waals surface area contributed by atoms with Gasteiger partial charge in [0.15, 0.2) is 0 Å². The minimum atomic E-state index is -0.977. The predicted molar refractivity (Wildman–Crippen MR) is 79.1 cm³/mol. The highest BCUT2D eigenvalue weighted by Gasteiger charge is 2.08. The van der Waals surface area contributed by atoms with Crippen LogP contribution in [0.25, 0.3) is 0 Å². The van der Waals surface area contributed by atoms with E-state index in [1.807, 2.05) is 0 Å². The standard InChI is InChI=1S/C16H10F4N2O2/c17-9-1-3-13(11(19)7-9)21-15(23)5-6-16(24)22-14-4-2-10(18)8-12(14)20/h1-8H,(H,21,23)(H,22,24)/b6-5+. The Hall–Kier alpha value is -3.16. The number of nitrogens with one attached hydrogen (secondary N) is 2. The van der Waals surface area contributed by atoms with Crippen LogP contribution in [0.2, 0.25) is 0 Å². The molecule has 0 aromatic heterocycles. The Balaban J connectivity index is 1.96. The molecule has 124 valence electrons. The summed E-state index contributed by atoms with van der Waals surface area (Å²) in [5.74, 6) is -5.27. The highest BCUT2D eigenvalue weighted by molar-refractivity contribution is 6.06. The predicted octanol–water partition coefficient (Wildman–Crippen LogP) is 3.38. The summed E-state index contributed by atoms with van der Waals surface area (Å²) >= 11 is 0. The van der Waals surface area contributed by atoms with Crippen LogP contribution in [0.3, 0.4) is 0 Å². The average molecular weight is 338 g/mol. The van der Waals surface area contributed by atoms with Gasteiger partial charge in [-0.2, -0.15) is 0 Å². The highest BCUT2D eigenvalue weighted by atomic mass is 19.1. The molecule has 0 aliphatic carbocycles. The van der Waals surface area contributed by atoms with Crippen LogP contribution < -0.4 is 10.6 Å². The van der Waals surface area contributed by atoms with Crippen molar-refractivity contribution in [2.45, 2.75) is 0 Å². The van der Waals surface area contributed by atoms with Gasteiger partial charge in [0.25, 0.3) is 0 Å². The van der Waals surface area contributed by atoms with Crippen molar-refractivity contribution in [1.82, 2.24) is 0 Å². The normalized spacial score (nSPS) is 10.7. The second kappa shape index (κ2) is 7.40. The van der Waals surface area contributed by atoms with Crippen molar-refractivity contribution in [3.05, 3.63) is 71.8 Å². The van der Waals surface area contributed by atoms with Crippen LogP contribution in [-0.2, 0) is 9.59 Å². The quantitative estimate of drug-likeness (QED) is 0.663. The van der Waals surface area contributed by atoms with Crippen molar-refractivity contribution < 1.29 is 27.2 Å². The Kier molecular flexibility index (Phi) is 5.31. The lowest BCUT2D eigenvalue weighted by molar-refractivity contribution is -0.114. The summed E-state index contributed by atoms with van der Waals surface area (Å²) in [6, 6.07) is 5.11. The maximum atomic E-state index is 13.3. The van der Waals surface area contributed by atoms with E-state index in [1.165, 1.54) is 0 Å². The maximum Gasteiger partial charge on any atom is 0.248 e. The summed E-state index contributed by atoms with van der Waals surface area (Å²) in [6.45, 7) is 0. The molecule has 0 radical (unpaired) electrons. The van der Waals surface area contributed by atoms with Crippen molar-refractivity contribution in [3.63, 3.8) is 0 Å². The molecule has 0 spiro atoms. The lowest BCUT2D eigenvalue weighted by atomic mass is 10.3. The summed E-state index contributed by atoms with van der Waals surface area (Å²) < 4.78 is 52.1. The molecule has 0 atom stereocenters. The van der Waals surface area contributed by atoms with Crippen molar-refractivity contribution in [1.29, 1.82) is 0 Å². The van der Waals surface area contributed by atoms with Gasteiger partial charge in [-0.1, -0.05) is 0 Å². The molecule has 2 aromatic carbocycles. The van der Waals surface area contributed by atoms with Gasteiger partial charge in [-0.3, -0.25) is 9.59 Å². The van der Waals surface area contributed by atoms with E-state index in [9.17, 15) is 27.2 Å². The van der Waals surface area contributed by atoms with Gasteiger partial charge in [0.2, 0.25) is 11.8 Å². The fourth-order valence-electron chi connectivity index (χ4n) is 1.68. The molecular weight excluding hydrogens is 328 g/mol. The molecule has 0 bridgehead atoms. The Morgan fingerprint density at radius 3 is 1.42 bits per heavy atom. The number of hydrogen-bond donors (Lipinski definition) is 2. The number of carbonyl (C=O) groups is 2. The first kappa shape index (κ1) is 17.2. The first-order valence-electron chi connectivity index (χ1n) is 6.55. The monoisotopic (exact) mass is 338 g/mol. The van der Waals surface area contributed by atoms with E-state index >= 15 is 0 Å². The first-order chi connectivity index (χ1) is 11.3. The lowest BCUT2D eigenvalue weighted by Crippen LogP contribution is -2.13. The van der Waals surface area contributed by atoms with Crippen molar-refractivity contribution in [2.75, 3.05) is 10.6 Å². The third-order valence-corrected chi connectivity index (χ3v) is 2.76. The van der Waals surface area contributed by atoms with Crippen molar-refractivity contribution in [3.8, 4) is 0 Å². The molecule has 0 fully saturated rings. The summed E-state index contributed by atoms with van der Waals surface area (Å²) in [4.78, 5) is 23.1. The Bertz CT molecular complexity index is 754. The molecule has 24 heavy (non-hydrogen) atoms. The first-order valence-corrected chi connectivity index (χ1v) is 6.55. The molecule has 0 unspecified atom stereocenters. The van der Waals surface area contributed by atoms with E-state index in [-0.39, 0.29) is 11.4 Å². The molecule has 2 N–H and O–H groups in total. The van der Waals surface area contributed by atoms with E-state index in [4.69, 9.17) is 0 Å². The Labute approximate surface area is 133 Å². The van der Waals surface area contributed by atoms with E-state index in [0.29, 0.717) is 12.1 Å². The van der Waals surface area contributed by atoms with Crippen LogP contribution in [0.1, 0.15) is 0 Å². The molecule has 2 aromatic rings.